The van der Waals surface area contributed by atoms with Gasteiger partial charge in [-0.3, -0.25) is 14.2 Å². The van der Waals surface area contributed by atoms with E-state index in [4.69, 9.17) is 18.9 Å². The van der Waals surface area contributed by atoms with Crippen LogP contribution in [0.15, 0.2) is 63.5 Å². The number of aromatic nitrogens is 1. The van der Waals surface area contributed by atoms with Crippen molar-refractivity contribution in [2.45, 2.75) is 33.7 Å². The third-order valence-electron chi connectivity index (χ3n) is 5.76. The number of esters is 2. The normalized spacial score (nSPS) is 15.0. The zero-order chi connectivity index (χ0) is 27.4. The number of hydrogen-bond donors (Lipinski definition) is 0. The summed E-state index contributed by atoms with van der Waals surface area (Å²) in [6.45, 7) is 7.40. The second kappa shape index (κ2) is 11.5. The number of fused-ring (bicyclic) bond motifs is 1. The standard InChI is InChI=1S/C28H28N2O7S/c1-6-35-20-11-9-19(10-12-20)25-24(27(33)36-7-2)16(3)29-28-30(25)26(32)23(38-28)15-18-8-13-21(37-17(4)31)22(14-18)34-5/h8-15,25H,6-7H2,1-5H3/b23-15+. The van der Waals surface area contributed by atoms with Crippen LogP contribution in [-0.2, 0) is 14.3 Å². The first-order valence-corrected chi connectivity index (χ1v) is 12.9. The highest BCUT2D eigenvalue weighted by Gasteiger charge is 2.33. The zero-order valence-electron chi connectivity index (χ0n) is 21.8. The fourth-order valence-corrected chi connectivity index (χ4v) is 5.23. The Bertz CT molecular complexity index is 1580. The van der Waals surface area contributed by atoms with E-state index in [9.17, 15) is 14.4 Å². The van der Waals surface area contributed by atoms with E-state index in [1.165, 1.54) is 29.9 Å². The smallest absolute Gasteiger partial charge is 0.338 e. The van der Waals surface area contributed by atoms with Crippen LogP contribution >= 0.6 is 11.3 Å². The average Bonchev–Trinajstić information content (AvgIpc) is 3.18. The molecule has 0 saturated heterocycles. The van der Waals surface area contributed by atoms with Gasteiger partial charge in [0.25, 0.3) is 5.56 Å². The Kier molecular flexibility index (Phi) is 8.11. The van der Waals surface area contributed by atoms with Crippen molar-refractivity contribution in [2.24, 2.45) is 4.99 Å². The molecule has 1 atom stereocenters. The van der Waals surface area contributed by atoms with Crippen LogP contribution in [0.1, 0.15) is 44.9 Å². The molecule has 0 bridgehead atoms. The summed E-state index contributed by atoms with van der Waals surface area (Å²) in [4.78, 5) is 43.2. The fourth-order valence-electron chi connectivity index (χ4n) is 4.18. The van der Waals surface area contributed by atoms with E-state index >= 15 is 0 Å². The summed E-state index contributed by atoms with van der Waals surface area (Å²) in [6.07, 6.45) is 1.71. The average molecular weight is 537 g/mol. The molecule has 4 rings (SSSR count). The molecule has 0 saturated carbocycles. The molecule has 1 aliphatic rings. The van der Waals surface area contributed by atoms with Crippen LogP contribution in [0.2, 0.25) is 0 Å². The molecule has 1 unspecified atom stereocenters. The Labute approximate surface area is 223 Å². The van der Waals surface area contributed by atoms with Crippen molar-refractivity contribution in [1.29, 1.82) is 0 Å². The number of benzene rings is 2. The van der Waals surface area contributed by atoms with Crippen LogP contribution in [0.5, 0.6) is 17.2 Å². The highest BCUT2D eigenvalue weighted by Crippen LogP contribution is 2.32. The largest absolute Gasteiger partial charge is 0.494 e. The Balaban J connectivity index is 1.87. The minimum absolute atomic E-state index is 0.196. The predicted octanol–water partition coefficient (Wildman–Crippen LogP) is 3.13. The van der Waals surface area contributed by atoms with Crippen LogP contribution in [0.25, 0.3) is 6.08 Å². The van der Waals surface area contributed by atoms with Crippen LogP contribution < -0.4 is 29.1 Å². The lowest BCUT2D eigenvalue weighted by atomic mass is 9.96. The second-order valence-electron chi connectivity index (χ2n) is 8.31. The van der Waals surface area contributed by atoms with Crippen molar-refractivity contribution in [3.8, 4) is 17.2 Å². The van der Waals surface area contributed by atoms with Crippen LogP contribution in [0.4, 0.5) is 0 Å². The van der Waals surface area contributed by atoms with E-state index in [1.807, 2.05) is 31.2 Å². The maximum atomic E-state index is 13.8. The molecule has 1 aliphatic heterocycles. The first-order chi connectivity index (χ1) is 18.3. The first kappa shape index (κ1) is 26.9. The number of allylic oxidation sites excluding steroid dienone is 1. The van der Waals surface area contributed by atoms with Gasteiger partial charge >= 0.3 is 11.9 Å². The van der Waals surface area contributed by atoms with E-state index in [1.54, 1.807) is 38.1 Å². The highest BCUT2D eigenvalue weighted by atomic mass is 32.1. The molecule has 10 heteroatoms. The Hall–Kier alpha value is -4.18. The molecule has 9 nitrogen and oxygen atoms in total. The minimum atomic E-state index is -0.719. The molecule has 0 spiro atoms. The van der Waals surface area contributed by atoms with E-state index in [-0.39, 0.29) is 17.9 Å². The molecule has 0 aliphatic carbocycles. The lowest BCUT2D eigenvalue weighted by Crippen LogP contribution is -2.39. The van der Waals surface area contributed by atoms with Crippen LogP contribution in [0, 0.1) is 0 Å². The quantitative estimate of drug-likeness (QED) is 0.322. The van der Waals surface area contributed by atoms with Crippen molar-refractivity contribution in [3.63, 3.8) is 0 Å². The summed E-state index contributed by atoms with van der Waals surface area (Å²) in [5, 5.41) is 0. The van der Waals surface area contributed by atoms with Gasteiger partial charge in [0, 0.05) is 6.92 Å². The van der Waals surface area contributed by atoms with Gasteiger partial charge in [0.2, 0.25) is 0 Å². The third kappa shape index (κ3) is 5.40. The lowest BCUT2D eigenvalue weighted by molar-refractivity contribution is -0.139. The molecule has 3 aromatic rings. The number of hydrogen-bond acceptors (Lipinski definition) is 9. The molecule has 2 aromatic carbocycles. The van der Waals surface area contributed by atoms with E-state index in [2.05, 4.69) is 4.99 Å². The van der Waals surface area contributed by atoms with Crippen molar-refractivity contribution in [1.82, 2.24) is 4.57 Å². The van der Waals surface area contributed by atoms with Gasteiger partial charge in [-0.1, -0.05) is 29.5 Å². The van der Waals surface area contributed by atoms with Gasteiger partial charge in [-0.15, -0.1) is 0 Å². The van der Waals surface area contributed by atoms with E-state index in [0.717, 1.165) is 5.56 Å². The van der Waals surface area contributed by atoms with Gasteiger partial charge in [0.05, 0.1) is 42.2 Å². The van der Waals surface area contributed by atoms with Gasteiger partial charge < -0.3 is 18.9 Å². The number of carbonyl (C=O) groups is 2. The maximum absolute atomic E-state index is 13.8. The van der Waals surface area contributed by atoms with Crippen LogP contribution in [0.3, 0.4) is 0 Å². The fraction of sp³-hybridized carbons (Fsp3) is 0.286. The molecule has 0 fully saturated rings. The Morgan fingerprint density at radius 3 is 2.45 bits per heavy atom. The molecular formula is C28H28N2O7S. The Morgan fingerprint density at radius 1 is 1.08 bits per heavy atom. The molecule has 38 heavy (non-hydrogen) atoms. The molecule has 2 heterocycles. The number of rotatable bonds is 8. The summed E-state index contributed by atoms with van der Waals surface area (Å²) in [6, 6.07) is 11.6. The molecule has 0 radical (unpaired) electrons. The summed E-state index contributed by atoms with van der Waals surface area (Å²) in [5.74, 6) is 0.338. The van der Waals surface area contributed by atoms with E-state index < -0.39 is 18.0 Å². The maximum Gasteiger partial charge on any atom is 0.338 e. The SMILES string of the molecule is CCOC(=O)C1=C(C)N=c2s/c(=C/c3ccc(OC(C)=O)c(OC)c3)c(=O)n2C1c1ccc(OCC)cc1. The number of thiazole rings is 1. The van der Waals surface area contributed by atoms with Crippen molar-refractivity contribution >= 4 is 29.4 Å². The first-order valence-electron chi connectivity index (χ1n) is 12.1. The Morgan fingerprint density at radius 2 is 1.82 bits per heavy atom. The van der Waals surface area contributed by atoms with Crippen molar-refractivity contribution in [2.75, 3.05) is 20.3 Å². The lowest BCUT2D eigenvalue weighted by Gasteiger charge is -2.24. The molecule has 0 amide bonds. The third-order valence-corrected chi connectivity index (χ3v) is 6.75. The zero-order valence-corrected chi connectivity index (χ0v) is 22.6. The number of ether oxygens (including phenoxy) is 4. The topological polar surface area (TPSA) is 105 Å². The number of carbonyl (C=O) groups excluding carboxylic acids is 2. The predicted molar refractivity (Wildman–Crippen MR) is 142 cm³/mol. The molecular weight excluding hydrogens is 508 g/mol. The second-order valence-corrected chi connectivity index (χ2v) is 9.32. The summed E-state index contributed by atoms with van der Waals surface area (Å²) in [7, 11) is 1.47. The van der Waals surface area contributed by atoms with Gasteiger partial charge in [-0.05, 0) is 62.2 Å². The monoisotopic (exact) mass is 536 g/mol. The van der Waals surface area contributed by atoms with Gasteiger partial charge in [-0.2, -0.15) is 0 Å². The van der Waals surface area contributed by atoms with Crippen LogP contribution in [-0.4, -0.2) is 36.8 Å². The minimum Gasteiger partial charge on any atom is -0.494 e. The molecule has 198 valence electrons. The van der Waals surface area contributed by atoms with Gasteiger partial charge in [0.15, 0.2) is 16.3 Å². The van der Waals surface area contributed by atoms with Gasteiger partial charge in [-0.25, -0.2) is 9.79 Å². The molecule has 0 N–H and O–H groups in total. The summed E-state index contributed by atoms with van der Waals surface area (Å²) >= 11 is 1.22. The number of nitrogens with zero attached hydrogens (tertiary/aromatic N) is 2. The summed E-state index contributed by atoms with van der Waals surface area (Å²) in [5.41, 5.74) is 1.89. The summed E-state index contributed by atoms with van der Waals surface area (Å²) < 4.78 is 23.4. The van der Waals surface area contributed by atoms with Crippen molar-refractivity contribution in [3.05, 3.63) is 84.5 Å². The highest BCUT2D eigenvalue weighted by molar-refractivity contribution is 7.07. The number of methoxy groups -OCH3 is 1. The van der Waals surface area contributed by atoms with Crippen molar-refractivity contribution < 1.29 is 28.5 Å². The molecule has 1 aromatic heterocycles. The van der Waals surface area contributed by atoms with E-state index in [0.29, 0.717) is 44.3 Å². The van der Waals surface area contributed by atoms with Gasteiger partial charge in [0.1, 0.15) is 5.75 Å².